The van der Waals surface area contributed by atoms with Crippen LogP contribution in [0, 0.1) is 0 Å². The fourth-order valence-electron chi connectivity index (χ4n) is 2.91. The molecule has 25 heavy (non-hydrogen) atoms. The van der Waals surface area contributed by atoms with Crippen molar-refractivity contribution < 1.29 is 9.53 Å². The van der Waals surface area contributed by atoms with E-state index in [1.807, 2.05) is 30.3 Å². The molecule has 0 fully saturated rings. The molecule has 3 rings (SSSR count). The van der Waals surface area contributed by atoms with Gasteiger partial charge in [0.15, 0.2) is 0 Å². The summed E-state index contributed by atoms with van der Waals surface area (Å²) in [6, 6.07) is 16.2. The number of hydrogen-bond acceptors (Lipinski definition) is 4. The number of fused-ring (bicyclic) bond motifs is 1. The van der Waals surface area contributed by atoms with Gasteiger partial charge in [0.2, 0.25) is 0 Å². The highest BCUT2D eigenvalue weighted by Crippen LogP contribution is 2.29. The topological polar surface area (TPSA) is 51.2 Å². The van der Waals surface area contributed by atoms with Crippen LogP contribution >= 0.6 is 0 Å². The maximum Gasteiger partial charge on any atom is 0.341 e. The number of pyridine rings is 1. The average molecular weight is 334 g/mol. The Morgan fingerprint density at radius 1 is 1.08 bits per heavy atom. The summed E-state index contributed by atoms with van der Waals surface area (Å²) in [5.74, 6) is -0.352. The van der Waals surface area contributed by atoms with Crippen LogP contribution in [0.1, 0.15) is 35.3 Å². The Hall–Kier alpha value is -2.88. The van der Waals surface area contributed by atoms with Gasteiger partial charge in [-0.25, -0.2) is 4.79 Å². The quantitative estimate of drug-likeness (QED) is 0.670. The molecule has 0 saturated heterocycles. The van der Waals surface area contributed by atoms with Gasteiger partial charge in [-0.2, -0.15) is 0 Å². The number of esters is 1. The van der Waals surface area contributed by atoms with Crippen LogP contribution in [0.25, 0.3) is 10.9 Å². The van der Waals surface area contributed by atoms with Crippen molar-refractivity contribution in [1.29, 1.82) is 0 Å². The minimum absolute atomic E-state index is 0.337. The Labute approximate surface area is 147 Å². The van der Waals surface area contributed by atoms with Gasteiger partial charge in [0.25, 0.3) is 0 Å². The molecule has 1 heterocycles. The van der Waals surface area contributed by atoms with E-state index in [0.717, 1.165) is 34.1 Å². The molecular formula is C21H22N2O2. The summed E-state index contributed by atoms with van der Waals surface area (Å²) in [6.45, 7) is 4.87. The minimum Gasteiger partial charge on any atom is -0.462 e. The van der Waals surface area contributed by atoms with E-state index in [1.54, 1.807) is 13.1 Å². The number of carbonyl (C=O) groups is 1. The van der Waals surface area contributed by atoms with Crippen molar-refractivity contribution >= 4 is 22.6 Å². The molecule has 0 amide bonds. The Balaban J connectivity index is 2.07. The van der Waals surface area contributed by atoms with Crippen LogP contribution < -0.4 is 5.32 Å². The molecule has 2 aromatic carbocycles. The predicted molar refractivity (Wildman–Crippen MR) is 101 cm³/mol. The second-order valence-electron chi connectivity index (χ2n) is 5.77. The van der Waals surface area contributed by atoms with Gasteiger partial charge in [-0.15, -0.1) is 0 Å². The van der Waals surface area contributed by atoms with E-state index in [-0.39, 0.29) is 5.97 Å². The number of carbonyl (C=O) groups excluding carboxylic acids is 1. The van der Waals surface area contributed by atoms with Crippen LogP contribution in [-0.2, 0) is 17.7 Å². The Morgan fingerprint density at radius 3 is 2.60 bits per heavy atom. The SMILES string of the molecule is CCOC(=O)c1cnc2c(CC)cccc2c1NCc1ccccc1. The molecule has 0 aliphatic carbocycles. The molecule has 1 N–H and O–H groups in total. The van der Waals surface area contributed by atoms with Crippen LogP contribution in [0.15, 0.2) is 54.7 Å². The number of ether oxygens (including phenoxy) is 1. The lowest BCUT2D eigenvalue weighted by atomic mass is 10.0. The molecule has 0 saturated carbocycles. The van der Waals surface area contributed by atoms with E-state index in [1.165, 1.54) is 0 Å². The van der Waals surface area contributed by atoms with Gasteiger partial charge in [0.05, 0.1) is 17.8 Å². The summed E-state index contributed by atoms with van der Waals surface area (Å²) in [7, 11) is 0. The molecule has 4 heteroatoms. The van der Waals surface area contributed by atoms with Gasteiger partial charge in [-0.3, -0.25) is 4.98 Å². The van der Waals surface area contributed by atoms with Crippen molar-refractivity contribution in [2.75, 3.05) is 11.9 Å². The molecule has 0 bridgehead atoms. The second kappa shape index (κ2) is 7.79. The first kappa shape index (κ1) is 17.0. The van der Waals surface area contributed by atoms with Crippen molar-refractivity contribution in [2.45, 2.75) is 26.8 Å². The minimum atomic E-state index is -0.352. The van der Waals surface area contributed by atoms with Crippen molar-refractivity contribution in [3.05, 3.63) is 71.4 Å². The fraction of sp³-hybridized carbons (Fsp3) is 0.238. The molecule has 1 aromatic heterocycles. The number of hydrogen-bond donors (Lipinski definition) is 1. The highest BCUT2D eigenvalue weighted by Gasteiger charge is 2.17. The van der Waals surface area contributed by atoms with E-state index in [9.17, 15) is 4.79 Å². The van der Waals surface area contributed by atoms with Crippen molar-refractivity contribution in [1.82, 2.24) is 4.98 Å². The van der Waals surface area contributed by atoms with Crippen LogP contribution in [-0.4, -0.2) is 17.6 Å². The number of nitrogens with zero attached hydrogens (tertiary/aromatic N) is 1. The molecule has 128 valence electrons. The third-order valence-electron chi connectivity index (χ3n) is 4.17. The molecule has 3 aromatic rings. The summed E-state index contributed by atoms with van der Waals surface area (Å²) in [4.78, 5) is 16.9. The highest BCUT2D eigenvalue weighted by molar-refractivity contribution is 6.05. The second-order valence-corrected chi connectivity index (χ2v) is 5.77. The number of nitrogens with one attached hydrogen (secondary N) is 1. The van der Waals surface area contributed by atoms with Gasteiger partial charge in [-0.1, -0.05) is 55.5 Å². The van der Waals surface area contributed by atoms with Crippen LogP contribution in [0.3, 0.4) is 0 Å². The number of aromatic nitrogens is 1. The lowest BCUT2D eigenvalue weighted by molar-refractivity contribution is 0.0527. The number of para-hydroxylation sites is 1. The lowest BCUT2D eigenvalue weighted by Crippen LogP contribution is -2.11. The first-order valence-electron chi connectivity index (χ1n) is 8.60. The van der Waals surface area contributed by atoms with Crippen molar-refractivity contribution in [2.24, 2.45) is 0 Å². The lowest BCUT2D eigenvalue weighted by Gasteiger charge is -2.15. The van der Waals surface area contributed by atoms with Gasteiger partial charge >= 0.3 is 5.97 Å². The largest absolute Gasteiger partial charge is 0.462 e. The van der Waals surface area contributed by atoms with E-state index in [0.29, 0.717) is 18.7 Å². The zero-order valence-electron chi connectivity index (χ0n) is 14.6. The van der Waals surface area contributed by atoms with Gasteiger partial charge < -0.3 is 10.1 Å². The first-order chi connectivity index (χ1) is 12.2. The fourth-order valence-corrected chi connectivity index (χ4v) is 2.91. The Kier molecular flexibility index (Phi) is 5.29. The smallest absolute Gasteiger partial charge is 0.341 e. The van der Waals surface area contributed by atoms with Gasteiger partial charge in [0, 0.05) is 18.1 Å². The third kappa shape index (κ3) is 3.63. The van der Waals surface area contributed by atoms with Crippen LogP contribution in [0.2, 0.25) is 0 Å². The maximum absolute atomic E-state index is 12.4. The predicted octanol–water partition coefficient (Wildman–Crippen LogP) is 4.59. The number of rotatable bonds is 6. The molecule has 0 radical (unpaired) electrons. The Bertz CT molecular complexity index is 876. The van der Waals surface area contributed by atoms with Gasteiger partial charge in [0.1, 0.15) is 5.56 Å². The summed E-state index contributed by atoms with van der Waals surface area (Å²) < 4.78 is 5.21. The van der Waals surface area contributed by atoms with Crippen molar-refractivity contribution in [3.8, 4) is 0 Å². The normalized spacial score (nSPS) is 10.6. The molecule has 0 aliphatic rings. The van der Waals surface area contributed by atoms with E-state index in [4.69, 9.17) is 4.74 Å². The third-order valence-corrected chi connectivity index (χ3v) is 4.17. The molecule has 0 unspecified atom stereocenters. The van der Waals surface area contributed by atoms with E-state index >= 15 is 0 Å². The summed E-state index contributed by atoms with van der Waals surface area (Å²) in [5, 5.41) is 4.37. The van der Waals surface area contributed by atoms with E-state index < -0.39 is 0 Å². The molecule has 4 nitrogen and oxygen atoms in total. The zero-order chi connectivity index (χ0) is 17.6. The average Bonchev–Trinajstić information content (AvgIpc) is 2.66. The monoisotopic (exact) mass is 334 g/mol. The zero-order valence-corrected chi connectivity index (χ0v) is 14.6. The number of aryl methyl sites for hydroxylation is 1. The number of benzene rings is 2. The standard InChI is InChI=1S/C21H22N2O2/c1-3-16-11-8-12-17-19(16)23-14-18(21(24)25-4-2)20(17)22-13-15-9-6-5-7-10-15/h5-12,14H,3-4,13H2,1-2H3,(H,22,23). The Morgan fingerprint density at radius 2 is 1.88 bits per heavy atom. The molecule has 0 aliphatic heterocycles. The number of anilines is 1. The van der Waals surface area contributed by atoms with Gasteiger partial charge in [-0.05, 0) is 24.5 Å². The summed E-state index contributed by atoms with van der Waals surface area (Å²) in [5.41, 5.74) is 4.49. The molecule has 0 spiro atoms. The summed E-state index contributed by atoms with van der Waals surface area (Å²) >= 11 is 0. The van der Waals surface area contributed by atoms with Crippen LogP contribution in [0.5, 0.6) is 0 Å². The highest BCUT2D eigenvalue weighted by atomic mass is 16.5. The van der Waals surface area contributed by atoms with Crippen LogP contribution in [0.4, 0.5) is 5.69 Å². The first-order valence-corrected chi connectivity index (χ1v) is 8.60. The molecular weight excluding hydrogens is 312 g/mol. The van der Waals surface area contributed by atoms with E-state index in [2.05, 4.69) is 35.4 Å². The summed E-state index contributed by atoms with van der Waals surface area (Å²) in [6.07, 6.45) is 2.51. The molecule has 0 atom stereocenters. The van der Waals surface area contributed by atoms with Crippen molar-refractivity contribution in [3.63, 3.8) is 0 Å². The maximum atomic E-state index is 12.4.